The van der Waals surface area contributed by atoms with Gasteiger partial charge in [0, 0.05) is 6.42 Å². The van der Waals surface area contributed by atoms with Gasteiger partial charge in [-0.1, -0.05) is 0 Å². The van der Waals surface area contributed by atoms with Crippen molar-refractivity contribution in [3.8, 4) is 0 Å². The van der Waals surface area contributed by atoms with Crippen LogP contribution >= 0.6 is 0 Å². The van der Waals surface area contributed by atoms with Crippen molar-refractivity contribution >= 4 is 29.8 Å². The van der Waals surface area contributed by atoms with Crippen LogP contribution in [0.5, 0.6) is 0 Å². The zero-order valence-electron chi connectivity index (χ0n) is 19.4. The van der Waals surface area contributed by atoms with E-state index >= 15 is 4.39 Å². The van der Waals surface area contributed by atoms with Crippen molar-refractivity contribution in [1.82, 2.24) is 10.2 Å². The fourth-order valence-corrected chi connectivity index (χ4v) is 2.74. The SMILES string of the molecule is COC(=O)C1(N(C(=O)OC(C)(C)C)C(=O)OC(C)(C)C)C[C@@]1(F)C(=O)N[C@@H](C)C(C)=O. The summed E-state index contributed by atoms with van der Waals surface area (Å²) in [6.45, 7) is 11.5. The molecule has 0 aromatic heterocycles. The number of Topliss-reactive ketones (excluding diaryl/α,β-unsaturated/α-hetero) is 1. The maximum atomic E-state index is 15.8. The number of imide groups is 1. The maximum absolute atomic E-state index is 15.8. The molecule has 1 aliphatic rings. The highest BCUT2D eigenvalue weighted by Gasteiger charge is 2.85. The van der Waals surface area contributed by atoms with Gasteiger partial charge in [0.15, 0.2) is 5.78 Å². The zero-order chi connectivity index (χ0) is 24.6. The van der Waals surface area contributed by atoms with Crippen LogP contribution in [0.3, 0.4) is 0 Å². The molecular formula is C20H31FN2O8. The van der Waals surface area contributed by atoms with Crippen molar-refractivity contribution in [3.63, 3.8) is 0 Å². The summed E-state index contributed by atoms with van der Waals surface area (Å²) in [6.07, 6.45) is -3.67. The molecular weight excluding hydrogens is 415 g/mol. The molecule has 0 bridgehead atoms. The van der Waals surface area contributed by atoms with Crippen molar-refractivity contribution in [1.29, 1.82) is 0 Å². The quantitative estimate of drug-likeness (QED) is 0.503. The van der Waals surface area contributed by atoms with Crippen LogP contribution in [0.15, 0.2) is 0 Å². The lowest BCUT2D eigenvalue weighted by molar-refractivity contribution is -0.153. The van der Waals surface area contributed by atoms with Crippen molar-refractivity contribution < 1.29 is 42.6 Å². The lowest BCUT2D eigenvalue weighted by Crippen LogP contribution is -2.60. The number of halogens is 1. The van der Waals surface area contributed by atoms with Gasteiger partial charge in [-0.2, -0.15) is 4.90 Å². The number of nitrogens with zero attached hydrogens (tertiary/aromatic N) is 1. The Hall–Kier alpha value is -2.72. The molecule has 0 saturated heterocycles. The lowest BCUT2D eigenvalue weighted by atomic mass is 10.1. The molecule has 0 aliphatic heterocycles. The van der Waals surface area contributed by atoms with Gasteiger partial charge in [0.25, 0.3) is 5.91 Å². The van der Waals surface area contributed by atoms with Gasteiger partial charge in [-0.25, -0.2) is 18.8 Å². The summed E-state index contributed by atoms with van der Waals surface area (Å²) in [5, 5.41) is 2.14. The molecule has 31 heavy (non-hydrogen) atoms. The predicted molar refractivity (Wildman–Crippen MR) is 106 cm³/mol. The fraction of sp³-hybridized carbons (Fsp3) is 0.750. The molecule has 0 radical (unpaired) electrons. The Bertz CT molecular complexity index is 757. The Morgan fingerprint density at radius 3 is 1.71 bits per heavy atom. The normalized spacial score (nSPS) is 23.8. The average molecular weight is 446 g/mol. The highest BCUT2D eigenvalue weighted by atomic mass is 19.1. The Balaban J connectivity index is 3.52. The topological polar surface area (TPSA) is 128 Å². The molecule has 1 rings (SSSR count). The highest BCUT2D eigenvalue weighted by Crippen LogP contribution is 2.57. The Morgan fingerprint density at radius 1 is 0.968 bits per heavy atom. The first kappa shape index (κ1) is 26.3. The first-order valence-corrected chi connectivity index (χ1v) is 9.67. The number of alkyl halides is 1. The third-order valence-electron chi connectivity index (χ3n) is 4.40. The van der Waals surface area contributed by atoms with Gasteiger partial charge >= 0.3 is 18.2 Å². The van der Waals surface area contributed by atoms with Gasteiger partial charge < -0.3 is 19.5 Å². The number of hydrogen-bond donors (Lipinski definition) is 1. The summed E-state index contributed by atoms with van der Waals surface area (Å²) in [7, 11) is 0.918. The number of rotatable bonds is 5. The van der Waals surface area contributed by atoms with E-state index in [2.05, 4.69) is 10.1 Å². The van der Waals surface area contributed by atoms with Crippen LogP contribution < -0.4 is 5.32 Å². The summed E-state index contributed by atoms with van der Waals surface area (Å²) in [6, 6.07) is -1.06. The number of esters is 1. The van der Waals surface area contributed by atoms with Crippen molar-refractivity contribution in [2.24, 2.45) is 0 Å². The average Bonchev–Trinajstić information content (AvgIpc) is 3.18. The number of ketones is 1. The van der Waals surface area contributed by atoms with Crippen LogP contribution in [0, 0.1) is 0 Å². The Labute approximate surface area is 180 Å². The van der Waals surface area contributed by atoms with Gasteiger partial charge in [0.2, 0.25) is 11.2 Å². The monoisotopic (exact) mass is 446 g/mol. The van der Waals surface area contributed by atoms with Crippen LogP contribution in [-0.4, -0.2) is 70.3 Å². The number of hydrogen-bond acceptors (Lipinski definition) is 8. The number of ether oxygens (including phenoxy) is 3. The van der Waals surface area contributed by atoms with Crippen molar-refractivity contribution in [2.75, 3.05) is 7.11 Å². The number of methoxy groups -OCH3 is 1. The molecule has 1 saturated carbocycles. The van der Waals surface area contributed by atoms with Crippen LogP contribution in [0.25, 0.3) is 0 Å². The number of carbonyl (C=O) groups is 5. The molecule has 0 spiro atoms. The van der Waals surface area contributed by atoms with E-state index in [1.807, 2.05) is 0 Å². The molecule has 1 N–H and O–H groups in total. The largest absolute Gasteiger partial charge is 0.467 e. The van der Waals surface area contributed by atoms with E-state index in [1.165, 1.54) is 55.4 Å². The standard InChI is InChI=1S/C20H31FN2O8/c1-11(12(2)24)22-13(25)19(21)10-20(19,14(26)29-9)23(15(27)30-17(3,4)5)16(28)31-18(6,7)8/h11H,10H2,1-9H3,(H,22,25)/t11-,19+,20?/m0/s1. The first-order chi connectivity index (χ1) is 13.8. The number of carbonyl (C=O) groups excluding carboxylic acids is 5. The van der Waals surface area contributed by atoms with Crippen LogP contribution in [0.1, 0.15) is 61.8 Å². The minimum atomic E-state index is -3.06. The van der Waals surface area contributed by atoms with Crippen LogP contribution in [-0.2, 0) is 28.6 Å². The molecule has 3 amide bonds. The predicted octanol–water partition coefficient (Wildman–Crippen LogP) is 2.28. The zero-order valence-corrected chi connectivity index (χ0v) is 19.4. The second-order valence-corrected chi connectivity index (χ2v) is 9.43. The second kappa shape index (κ2) is 8.43. The molecule has 0 heterocycles. The van der Waals surface area contributed by atoms with E-state index in [1.54, 1.807) is 0 Å². The van der Waals surface area contributed by atoms with E-state index in [0.29, 0.717) is 0 Å². The molecule has 10 nitrogen and oxygen atoms in total. The van der Waals surface area contributed by atoms with Gasteiger partial charge in [-0.3, -0.25) is 9.59 Å². The smallest absolute Gasteiger partial charge is 0.421 e. The fourth-order valence-electron chi connectivity index (χ4n) is 2.74. The van der Waals surface area contributed by atoms with Gasteiger partial charge in [-0.15, -0.1) is 0 Å². The molecule has 0 aromatic carbocycles. The molecule has 11 heteroatoms. The minimum Gasteiger partial charge on any atom is -0.467 e. The van der Waals surface area contributed by atoms with Gasteiger partial charge in [-0.05, 0) is 55.4 Å². The Morgan fingerprint density at radius 2 is 1.39 bits per heavy atom. The summed E-state index contributed by atoms with van der Waals surface area (Å²) in [4.78, 5) is 62.6. The van der Waals surface area contributed by atoms with Crippen molar-refractivity contribution in [3.05, 3.63) is 0 Å². The van der Waals surface area contributed by atoms with E-state index in [4.69, 9.17) is 9.47 Å². The summed E-state index contributed by atoms with van der Waals surface area (Å²) < 4.78 is 30.8. The molecule has 3 atom stereocenters. The van der Waals surface area contributed by atoms with Crippen molar-refractivity contribution in [2.45, 2.75) is 90.3 Å². The molecule has 1 aliphatic carbocycles. The Kier molecular flexibility index (Phi) is 7.15. The van der Waals surface area contributed by atoms with E-state index in [9.17, 15) is 24.0 Å². The van der Waals surface area contributed by atoms with Gasteiger partial charge in [0.05, 0.1) is 13.2 Å². The minimum absolute atomic E-state index is 0.146. The first-order valence-electron chi connectivity index (χ1n) is 9.67. The van der Waals surface area contributed by atoms with Crippen LogP contribution in [0.2, 0.25) is 0 Å². The maximum Gasteiger partial charge on any atom is 0.421 e. The molecule has 1 fully saturated rings. The van der Waals surface area contributed by atoms with Gasteiger partial charge in [0.1, 0.15) is 11.2 Å². The molecule has 176 valence electrons. The molecule has 1 unspecified atom stereocenters. The second-order valence-electron chi connectivity index (χ2n) is 9.43. The molecule has 0 aromatic rings. The van der Waals surface area contributed by atoms with E-state index in [0.717, 1.165) is 7.11 Å². The lowest BCUT2D eigenvalue weighted by Gasteiger charge is -2.33. The third-order valence-corrected chi connectivity index (χ3v) is 4.40. The van der Waals surface area contributed by atoms with E-state index < -0.39 is 64.7 Å². The third kappa shape index (κ3) is 5.50. The summed E-state index contributed by atoms with van der Waals surface area (Å²) >= 11 is 0. The number of nitrogens with one attached hydrogen (secondary N) is 1. The summed E-state index contributed by atoms with van der Waals surface area (Å²) in [5.41, 5.74) is -7.95. The highest BCUT2D eigenvalue weighted by molar-refractivity contribution is 6.09. The van der Waals surface area contributed by atoms with Crippen LogP contribution in [0.4, 0.5) is 14.0 Å². The summed E-state index contributed by atoms with van der Waals surface area (Å²) in [5.74, 6) is -3.16. The van der Waals surface area contributed by atoms with E-state index in [-0.39, 0.29) is 4.90 Å². The number of amides is 3.